The summed E-state index contributed by atoms with van der Waals surface area (Å²) in [6, 6.07) is 11.5. The van der Waals surface area contributed by atoms with E-state index >= 15 is 0 Å². The van der Waals surface area contributed by atoms with Gasteiger partial charge in [-0.2, -0.15) is 4.98 Å². The Morgan fingerprint density at radius 1 is 1.19 bits per heavy atom. The second-order valence-electron chi connectivity index (χ2n) is 6.51. The van der Waals surface area contributed by atoms with Crippen LogP contribution in [0.4, 0.5) is 15.9 Å². The molecule has 0 aliphatic rings. The van der Waals surface area contributed by atoms with Crippen molar-refractivity contribution in [1.29, 1.82) is 0 Å². The van der Waals surface area contributed by atoms with Crippen molar-refractivity contribution in [3.8, 4) is 17.3 Å². The van der Waals surface area contributed by atoms with E-state index in [1.165, 1.54) is 23.6 Å². The van der Waals surface area contributed by atoms with E-state index in [1.807, 2.05) is 6.07 Å². The Labute approximate surface area is 183 Å². The van der Waals surface area contributed by atoms with Crippen LogP contribution in [0.2, 0.25) is 0 Å². The average Bonchev–Trinajstić information content (AvgIpc) is 3.45. The van der Waals surface area contributed by atoms with Gasteiger partial charge in [-0.05, 0) is 35.5 Å². The molecule has 0 bridgehead atoms. The van der Waals surface area contributed by atoms with Gasteiger partial charge in [0.25, 0.3) is 5.91 Å². The third-order valence-corrected chi connectivity index (χ3v) is 5.05. The summed E-state index contributed by atoms with van der Waals surface area (Å²) in [4.78, 5) is 30.9. The van der Waals surface area contributed by atoms with Gasteiger partial charge >= 0.3 is 6.01 Å². The van der Waals surface area contributed by atoms with Gasteiger partial charge in [-0.15, -0.1) is 16.4 Å². The molecule has 0 unspecified atom stereocenters. The highest BCUT2D eigenvalue weighted by Crippen LogP contribution is 2.27. The van der Waals surface area contributed by atoms with Crippen molar-refractivity contribution >= 4 is 39.8 Å². The van der Waals surface area contributed by atoms with E-state index in [2.05, 4.69) is 30.6 Å². The molecule has 0 fully saturated rings. The first-order valence-electron chi connectivity index (χ1n) is 9.19. The number of anilines is 2. The van der Waals surface area contributed by atoms with E-state index in [0.29, 0.717) is 28.0 Å². The van der Waals surface area contributed by atoms with Crippen molar-refractivity contribution in [1.82, 2.24) is 30.1 Å². The number of hydrogen-bond acceptors (Lipinski definition) is 9. The number of nitrogens with two attached hydrogens (primary N) is 1. The number of rotatable bonds is 6. The number of primary amides is 1. The number of nitrogens with one attached hydrogen (secondary N) is 1. The van der Waals surface area contributed by atoms with Crippen molar-refractivity contribution in [2.45, 2.75) is 0 Å². The van der Waals surface area contributed by atoms with Gasteiger partial charge in [0.1, 0.15) is 22.4 Å². The molecule has 3 N–H and O–H groups in total. The van der Waals surface area contributed by atoms with Crippen LogP contribution in [0.1, 0.15) is 10.4 Å². The van der Waals surface area contributed by atoms with E-state index in [0.717, 1.165) is 4.85 Å². The normalized spacial score (nSPS) is 10.9. The topological polar surface area (TPSA) is 134 Å². The SMILES string of the molecule is NC(=O)c1cnc(On2nnc3ccccc32)nc1Nc1ccc(-c2cscn2)c(F)c1. The lowest BCUT2D eigenvalue weighted by Crippen LogP contribution is -2.17. The van der Waals surface area contributed by atoms with Crippen LogP contribution in [0.25, 0.3) is 22.3 Å². The predicted octanol–water partition coefficient (Wildman–Crippen LogP) is 3.17. The number of para-hydroxylation sites is 1. The van der Waals surface area contributed by atoms with E-state index in [1.54, 1.807) is 41.2 Å². The van der Waals surface area contributed by atoms with Crippen LogP contribution in [0.15, 0.2) is 59.6 Å². The summed E-state index contributed by atoms with van der Waals surface area (Å²) >= 11 is 1.37. The zero-order chi connectivity index (χ0) is 22.1. The Balaban J connectivity index is 1.46. The summed E-state index contributed by atoms with van der Waals surface area (Å²) in [5.41, 5.74) is 9.53. The van der Waals surface area contributed by atoms with Gasteiger partial charge in [0.15, 0.2) is 5.82 Å². The van der Waals surface area contributed by atoms with Gasteiger partial charge in [-0.3, -0.25) is 4.79 Å². The average molecular weight is 448 g/mol. The minimum atomic E-state index is -0.759. The summed E-state index contributed by atoms with van der Waals surface area (Å²) in [7, 11) is 0. The van der Waals surface area contributed by atoms with Crippen LogP contribution in [-0.2, 0) is 0 Å². The van der Waals surface area contributed by atoms with Crippen molar-refractivity contribution in [2.75, 3.05) is 5.32 Å². The van der Waals surface area contributed by atoms with E-state index in [-0.39, 0.29) is 17.4 Å². The Morgan fingerprint density at radius 3 is 2.84 bits per heavy atom. The number of carbonyl (C=O) groups is 1. The van der Waals surface area contributed by atoms with E-state index in [4.69, 9.17) is 10.6 Å². The summed E-state index contributed by atoms with van der Waals surface area (Å²) in [6.07, 6.45) is 1.21. The number of carbonyl (C=O) groups excluding carboxylic acids is 1. The molecule has 10 nitrogen and oxygen atoms in total. The largest absolute Gasteiger partial charge is 0.365 e. The number of aromatic nitrogens is 6. The van der Waals surface area contributed by atoms with Gasteiger partial charge in [-0.1, -0.05) is 17.0 Å². The van der Waals surface area contributed by atoms with Crippen LogP contribution >= 0.6 is 11.3 Å². The first-order valence-corrected chi connectivity index (χ1v) is 10.1. The van der Waals surface area contributed by atoms with Crippen LogP contribution < -0.4 is 15.9 Å². The standard InChI is InChI=1S/C20H13FN8O2S/c21-14-7-11(5-6-12(14)16-9-32-10-24-16)25-19-13(18(22)30)8-23-20(26-19)31-29-17-4-2-1-3-15(17)27-28-29/h1-10H,(H2,22,30)(H,23,25,26). The first-order chi connectivity index (χ1) is 15.6. The third kappa shape index (κ3) is 3.70. The van der Waals surface area contributed by atoms with Gasteiger partial charge in [0.2, 0.25) is 0 Å². The maximum atomic E-state index is 14.6. The van der Waals surface area contributed by atoms with Crippen LogP contribution in [-0.4, -0.2) is 36.0 Å². The Bertz CT molecular complexity index is 1440. The number of amides is 1. The van der Waals surface area contributed by atoms with E-state index < -0.39 is 11.7 Å². The minimum Gasteiger partial charge on any atom is -0.365 e. The number of fused-ring (bicyclic) bond motifs is 1. The summed E-state index contributed by atoms with van der Waals surface area (Å²) < 4.78 is 14.6. The molecule has 3 heterocycles. The van der Waals surface area contributed by atoms with Crippen LogP contribution in [0, 0.1) is 5.82 Å². The van der Waals surface area contributed by atoms with E-state index in [9.17, 15) is 9.18 Å². The molecular formula is C20H13FN8O2S. The molecule has 1 amide bonds. The molecule has 12 heteroatoms. The van der Waals surface area contributed by atoms with Gasteiger partial charge < -0.3 is 15.9 Å². The molecule has 32 heavy (non-hydrogen) atoms. The molecule has 3 aromatic heterocycles. The molecule has 158 valence electrons. The second-order valence-corrected chi connectivity index (χ2v) is 7.23. The lowest BCUT2D eigenvalue weighted by Gasteiger charge is -2.11. The summed E-state index contributed by atoms with van der Waals surface area (Å²) in [5.74, 6) is -1.20. The predicted molar refractivity (Wildman–Crippen MR) is 115 cm³/mol. The molecule has 0 saturated carbocycles. The second kappa shape index (κ2) is 8.00. The van der Waals surface area contributed by atoms with Crippen LogP contribution in [0.5, 0.6) is 6.01 Å². The highest BCUT2D eigenvalue weighted by atomic mass is 32.1. The molecule has 0 radical (unpaired) electrons. The zero-order valence-electron chi connectivity index (χ0n) is 16.1. The van der Waals surface area contributed by atoms with Gasteiger partial charge in [-0.25, -0.2) is 14.4 Å². The molecule has 2 aromatic carbocycles. The number of halogens is 1. The number of thiazole rings is 1. The summed E-state index contributed by atoms with van der Waals surface area (Å²) in [6.45, 7) is 0. The van der Waals surface area contributed by atoms with Crippen molar-refractivity contribution in [3.05, 3.63) is 70.9 Å². The molecule has 0 spiro atoms. The van der Waals surface area contributed by atoms with Gasteiger partial charge in [0, 0.05) is 22.8 Å². The van der Waals surface area contributed by atoms with Crippen molar-refractivity contribution in [3.63, 3.8) is 0 Å². The van der Waals surface area contributed by atoms with Crippen molar-refractivity contribution in [2.24, 2.45) is 5.73 Å². The van der Waals surface area contributed by atoms with Crippen LogP contribution in [0.3, 0.4) is 0 Å². The first kappa shape index (κ1) is 19.5. The molecule has 0 saturated heterocycles. The Kier molecular flexibility index (Phi) is 4.88. The van der Waals surface area contributed by atoms with Crippen molar-refractivity contribution < 1.29 is 14.0 Å². The molecule has 5 aromatic rings. The smallest absolute Gasteiger partial charge is 0.347 e. The highest BCUT2D eigenvalue weighted by Gasteiger charge is 2.16. The maximum Gasteiger partial charge on any atom is 0.347 e. The molecule has 5 rings (SSSR count). The number of hydrogen-bond donors (Lipinski definition) is 2. The molecule has 0 atom stereocenters. The lowest BCUT2D eigenvalue weighted by atomic mass is 10.1. The lowest BCUT2D eigenvalue weighted by molar-refractivity contribution is 0.1000. The number of nitrogens with zero attached hydrogens (tertiary/aromatic N) is 6. The van der Waals surface area contributed by atoms with Gasteiger partial charge in [0.05, 0.1) is 11.2 Å². The summed E-state index contributed by atoms with van der Waals surface area (Å²) in [5, 5.41) is 12.5. The zero-order valence-corrected chi connectivity index (χ0v) is 17.0. The fraction of sp³-hybridized carbons (Fsp3) is 0. The minimum absolute atomic E-state index is 0.00443. The molecular weight excluding hydrogens is 435 g/mol. The molecule has 0 aliphatic heterocycles. The quantitative estimate of drug-likeness (QED) is 0.405. The Hall–Kier alpha value is -4.45. The fourth-order valence-corrected chi connectivity index (χ4v) is 3.51. The number of benzene rings is 2. The monoisotopic (exact) mass is 448 g/mol. The highest BCUT2D eigenvalue weighted by molar-refractivity contribution is 7.07. The Morgan fingerprint density at radius 2 is 2.06 bits per heavy atom. The third-order valence-electron chi connectivity index (χ3n) is 4.46. The maximum absolute atomic E-state index is 14.6. The fourth-order valence-electron chi connectivity index (χ4n) is 2.96. The molecule has 0 aliphatic carbocycles.